The third kappa shape index (κ3) is 2.74. The Morgan fingerprint density at radius 3 is 2.44 bits per heavy atom. The van der Waals surface area contributed by atoms with Crippen molar-refractivity contribution in [3.63, 3.8) is 0 Å². The zero-order valence-electron chi connectivity index (χ0n) is 11.1. The quantitative estimate of drug-likeness (QED) is 0.894. The van der Waals surface area contributed by atoms with Crippen LogP contribution in [0.2, 0.25) is 0 Å². The Morgan fingerprint density at radius 1 is 1.33 bits per heavy atom. The fourth-order valence-electron chi connectivity index (χ4n) is 2.77. The van der Waals surface area contributed by atoms with Crippen LogP contribution < -0.4 is 0 Å². The lowest BCUT2D eigenvalue weighted by Crippen LogP contribution is -2.12. The summed E-state index contributed by atoms with van der Waals surface area (Å²) in [6, 6.07) is 0. The van der Waals surface area contributed by atoms with Crippen LogP contribution in [0.5, 0.6) is 0 Å². The Kier molecular flexibility index (Phi) is 4.38. The van der Waals surface area contributed by atoms with E-state index in [4.69, 9.17) is 5.11 Å². The molecular formula is C14H21NO2S. The van der Waals surface area contributed by atoms with Crippen LogP contribution in [0, 0.1) is 5.92 Å². The van der Waals surface area contributed by atoms with Gasteiger partial charge in [0.1, 0.15) is 4.88 Å². The number of carboxylic acids is 1. The van der Waals surface area contributed by atoms with Gasteiger partial charge < -0.3 is 5.11 Å². The molecule has 0 saturated heterocycles. The first kappa shape index (κ1) is 13.5. The van der Waals surface area contributed by atoms with E-state index in [0.29, 0.717) is 17.2 Å². The highest BCUT2D eigenvalue weighted by Crippen LogP contribution is 2.39. The summed E-state index contributed by atoms with van der Waals surface area (Å²) in [6.45, 7) is 4.23. The number of aryl methyl sites for hydroxylation is 1. The number of rotatable bonds is 4. The van der Waals surface area contributed by atoms with Gasteiger partial charge in [-0.1, -0.05) is 20.3 Å². The number of aromatic nitrogens is 1. The Hall–Kier alpha value is -0.900. The first-order valence-corrected chi connectivity index (χ1v) is 7.70. The molecule has 0 spiro atoms. The van der Waals surface area contributed by atoms with Gasteiger partial charge in [-0.05, 0) is 38.0 Å². The molecule has 2 rings (SSSR count). The van der Waals surface area contributed by atoms with Gasteiger partial charge in [0.15, 0.2) is 0 Å². The molecule has 1 aliphatic carbocycles. The maximum atomic E-state index is 11.1. The van der Waals surface area contributed by atoms with Crippen molar-refractivity contribution in [2.75, 3.05) is 0 Å². The zero-order chi connectivity index (χ0) is 13.1. The Balaban J connectivity index is 2.12. The maximum absolute atomic E-state index is 11.1. The first-order valence-electron chi connectivity index (χ1n) is 6.88. The summed E-state index contributed by atoms with van der Waals surface area (Å²) >= 11 is 1.40. The fraction of sp³-hybridized carbons (Fsp3) is 0.714. The molecule has 0 bridgehead atoms. The van der Waals surface area contributed by atoms with E-state index < -0.39 is 5.97 Å². The summed E-state index contributed by atoms with van der Waals surface area (Å²) in [4.78, 5) is 16.2. The monoisotopic (exact) mass is 267 g/mol. The van der Waals surface area contributed by atoms with E-state index in [-0.39, 0.29) is 0 Å². The molecule has 18 heavy (non-hydrogen) atoms. The van der Waals surface area contributed by atoms with E-state index >= 15 is 0 Å². The highest BCUT2D eigenvalue weighted by atomic mass is 32.1. The minimum absolute atomic E-state index is 0.449. The van der Waals surface area contributed by atoms with Gasteiger partial charge in [0.05, 0.1) is 10.7 Å². The van der Waals surface area contributed by atoms with Gasteiger partial charge in [0.2, 0.25) is 0 Å². The lowest BCUT2D eigenvalue weighted by molar-refractivity contribution is 0.0701. The summed E-state index contributed by atoms with van der Waals surface area (Å²) in [5.41, 5.74) is 0.764. The molecule has 0 unspecified atom stereocenters. The Bertz CT molecular complexity index is 419. The van der Waals surface area contributed by atoms with Crippen molar-refractivity contribution in [1.29, 1.82) is 0 Å². The van der Waals surface area contributed by atoms with E-state index in [1.807, 2.05) is 6.92 Å². The first-order chi connectivity index (χ1) is 8.65. The van der Waals surface area contributed by atoms with Gasteiger partial charge >= 0.3 is 5.97 Å². The van der Waals surface area contributed by atoms with Crippen LogP contribution in [0.3, 0.4) is 0 Å². The van der Waals surface area contributed by atoms with Crippen molar-refractivity contribution < 1.29 is 9.90 Å². The number of carbonyl (C=O) groups is 1. The predicted molar refractivity (Wildman–Crippen MR) is 73.4 cm³/mol. The van der Waals surface area contributed by atoms with Crippen LogP contribution in [0.15, 0.2) is 0 Å². The number of aromatic carboxylic acids is 1. The molecular weight excluding hydrogens is 246 g/mol. The third-order valence-electron chi connectivity index (χ3n) is 4.02. The number of hydrogen-bond donors (Lipinski definition) is 1. The SMILES string of the molecule is CCc1nc(C2CCC(CC)CC2)sc1C(=O)O. The van der Waals surface area contributed by atoms with E-state index in [1.165, 1.54) is 43.4 Å². The van der Waals surface area contributed by atoms with Crippen LogP contribution >= 0.6 is 11.3 Å². The van der Waals surface area contributed by atoms with Gasteiger partial charge in [-0.25, -0.2) is 9.78 Å². The summed E-state index contributed by atoms with van der Waals surface area (Å²) in [5, 5.41) is 10.2. The maximum Gasteiger partial charge on any atom is 0.347 e. The number of carboxylic acid groups (broad SMARTS) is 1. The molecule has 4 heteroatoms. The molecule has 1 aromatic heterocycles. The molecule has 1 N–H and O–H groups in total. The molecule has 1 saturated carbocycles. The third-order valence-corrected chi connectivity index (χ3v) is 5.26. The van der Waals surface area contributed by atoms with E-state index in [2.05, 4.69) is 11.9 Å². The second-order valence-corrected chi connectivity index (χ2v) is 6.14. The molecule has 0 atom stereocenters. The average molecular weight is 267 g/mol. The summed E-state index contributed by atoms with van der Waals surface area (Å²) in [5.74, 6) is 0.542. The zero-order valence-corrected chi connectivity index (χ0v) is 11.9. The van der Waals surface area contributed by atoms with Crippen LogP contribution in [0.25, 0.3) is 0 Å². The predicted octanol–water partition coefficient (Wildman–Crippen LogP) is 4.09. The minimum Gasteiger partial charge on any atom is -0.477 e. The molecule has 3 nitrogen and oxygen atoms in total. The highest BCUT2D eigenvalue weighted by molar-refractivity contribution is 7.13. The van der Waals surface area contributed by atoms with Crippen LogP contribution in [0.1, 0.15) is 72.2 Å². The number of nitrogens with zero attached hydrogens (tertiary/aromatic N) is 1. The van der Waals surface area contributed by atoms with E-state index in [0.717, 1.165) is 16.6 Å². The largest absolute Gasteiger partial charge is 0.477 e. The fourth-order valence-corrected chi connectivity index (χ4v) is 3.93. The van der Waals surface area contributed by atoms with Gasteiger partial charge in [-0.3, -0.25) is 0 Å². The molecule has 1 fully saturated rings. The summed E-state index contributed by atoms with van der Waals surface area (Å²) < 4.78 is 0. The molecule has 1 aliphatic rings. The Morgan fingerprint density at radius 2 is 2.00 bits per heavy atom. The van der Waals surface area contributed by atoms with Crippen LogP contribution in [0.4, 0.5) is 0 Å². The number of thiazole rings is 1. The molecule has 100 valence electrons. The van der Waals surface area contributed by atoms with Crippen LogP contribution in [-0.2, 0) is 6.42 Å². The van der Waals surface area contributed by atoms with Crippen molar-refractivity contribution in [1.82, 2.24) is 4.98 Å². The topological polar surface area (TPSA) is 50.2 Å². The van der Waals surface area contributed by atoms with E-state index in [1.54, 1.807) is 0 Å². The van der Waals surface area contributed by atoms with Gasteiger partial charge in [-0.15, -0.1) is 11.3 Å². The Labute approximate surface area is 112 Å². The van der Waals surface area contributed by atoms with Gasteiger partial charge in [0.25, 0.3) is 0 Å². The lowest BCUT2D eigenvalue weighted by Gasteiger charge is -2.26. The minimum atomic E-state index is -0.821. The number of hydrogen-bond acceptors (Lipinski definition) is 3. The van der Waals surface area contributed by atoms with Gasteiger partial charge in [0, 0.05) is 5.92 Å². The molecule has 0 radical (unpaired) electrons. The smallest absolute Gasteiger partial charge is 0.347 e. The molecule has 1 heterocycles. The standard InChI is InChI=1S/C14H21NO2S/c1-3-9-5-7-10(8-6-9)13-15-11(4-2)12(18-13)14(16)17/h9-10H,3-8H2,1-2H3,(H,16,17). The lowest BCUT2D eigenvalue weighted by atomic mass is 9.81. The van der Waals surface area contributed by atoms with Crippen molar-refractivity contribution in [2.24, 2.45) is 5.92 Å². The van der Waals surface area contributed by atoms with Crippen LogP contribution in [-0.4, -0.2) is 16.1 Å². The van der Waals surface area contributed by atoms with Crippen molar-refractivity contribution in [3.8, 4) is 0 Å². The molecule has 0 aliphatic heterocycles. The summed E-state index contributed by atoms with van der Waals surface area (Å²) in [6.07, 6.45) is 6.87. The van der Waals surface area contributed by atoms with Crippen molar-refractivity contribution in [3.05, 3.63) is 15.6 Å². The second-order valence-electron chi connectivity index (χ2n) is 5.11. The van der Waals surface area contributed by atoms with Crippen molar-refractivity contribution in [2.45, 2.75) is 58.3 Å². The second kappa shape index (κ2) is 5.83. The highest BCUT2D eigenvalue weighted by Gasteiger charge is 2.26. The van der Waals surface area contributed by atoms with E-state index in [9.17, 15) is 4.79 Å². The molecule has 0 amide bonds. The van der Waals surface area contributed by atoms with Crippen molar-refractivity contribution >= 4 is 17.3 Å². The average Bonchev–Trinajstić information content (AvgIpc) is 2.83. The molecule has 1 aromatic rings. The summed E-state index contributed by atoms with van der Waals surface area (Å²) in [7, 11) is 0. The van der Waals surface area contributed by atoms with Gasteiger partial charge in [-0.2, -0.15) is 0 Å². The normalized spacial score (nSPS) is 24.1. The molecule has 0 aromatic carbocycles.